The number of carbonyl (C=O) groups is 1. The van der Waals surface area contributed by atoms with Gasteiger partial charge in [0.25, 0.3) is 0 Å². The van der Waals surface area contributed by atoms with Crippen molar-refractivity contribution in [2.75, 3.05) is 33.2 Å². The molecule has 2 unspecified atom stereocenters. The van der Waals surface area contributed by atoms with Crippen LogP contribution >= 0.6 is 0 Å². The van der Waals surface area contributed by atoms with E-state index in [0.717, 1.165) is 26.1 Å². The summed E-state index contributed by atoms with van der Waals surface area (Å²) in [5.74, 6) is 0.935. The molecule has 2 fully saturated rings. The highest BCUT2D eigenvalue weighted by Gasteiger charge is 2.32. The van der Waals surface area contributed by atoms with Crippen molar-refractivity contribution >= 4 is 5.91 Å². The monoisotopic (exact) mass is 253 g/mol. The fraction of sp³-hybridized carbons (Fsp3) is 0.929. The van der Waals surface area contributed by atoms with Gasteiger partial charge in [-0.25, -0.2) is 0 Å². The number of hydrogen-bond acceptors (Lipinski definition) is 3. The molecule has 2 aliphatic rings. The maximum absolute atomic E-state index is 12.1. The molecule has 1 aliphatic heterocycles. The SMILES string of the molecule is CCNC1CCN(CC(=O)N(C)C2CC2)CC1C. The lowest BCUT2D eigenvalue weighted by Crippen LogP contribution is -2.50. The summed E-state index contributed by atoms with van der Waals surface area (Å²) in [4.78, 5) is 16.3. The molecule has 0 bridgehead atoms. The predicted octanol–water partition coefficient (Wildman–Crippen LogP) is 0.927. The Hall–Kier alpha value is -0.610. The Balaban J connectivity index is 1.76. The third kappa shape index (κ3) is 3.45. The summed E-state index contributed by atoms with van der Waals surface area (Å²) in [5.41, 5.74) is 0. The Morgan fingerprint density at radius 2 is 2.11 bits per heavy atom. The molecule has 1 saturated carbocycles. The largest absolute Gasteiger partial charge is 0.342 e. The van der Waals surface area contributed by atoms with Gasteiger partial charge in [0.2, 0.25) is 5.91 Å². The average Bonchev–Trinajstić information content (AvgIpc) is 3.16. The van der Waals surface area contributed by atoms with E-state index in [0.29, 0.717) is 30.5 Å². The molecule has 104 valence electrons. The number of nitrogens with one attached hydrogen (secondary N) is 1. The predicted molar refractivity (Wildman–Crippen MR) is 73.5 cm³/mol. The highest BCUT2D eigenvalue weighted by molar-refractivity contribution is 5.78. The van der Waals surface area contributed by atoms with E-state index in [4.69, 9.17) is 0 Å². The molecule has 18 heavy (non-hydrogen) atoms. The first-order chi connectivity index (χ1) is 8.61. The van der Waals surface area contributed by atoms with E-state index in [-0.39, 0.29) is 0 Å². The van der Waals surface area contributed by atoms with Crippen LogP contribution < -0.4 is 5.32 Å². The molecule has 4 heteroatoms. The third-order valence-corrected chi connectivity index (χ3v) is 4.30. The quantitative estimate of drug-likeness (QED) is 0.791. The van der Waals surface area contributed by atoms with Crippen molar-refractivity contribution in [3.05, 3.63) is 0 Å². The Bertz CT molecular complexity index is 291. The number of rotatable bonds is 5. The van der Waals surface area contributed by atoms with Gasteiger partial charge in [-0.3, -0.25) is 9.69 Å². The molecule has 2 atom stereocenters. The van der Waals surface area contributed by atoms with Gasteiger partial charge in [0.1, 0.15) is 0 Å². The number of likely N-dealkylation sites (tertiary alicyclic amines) is 1. The van der Waals surface area contributed by atoms with Crippen molar-refractivity contribution in [1.82, 2.24) is 15.1 Å². The normalized spacial score (nSPS) is 29.3. The van der Waals surface area contributed by atoms with Crippen molar-refractivity contribution in [1.29, 1.82) is 0 Å². The van der Waals surface area contributed by atoms with Crippen LogP contribution in [0.1, 0.15) is 33.1 Å². The zero-order valence-electron chi connectivity index (χ0n) is 12.0. The van der Waals surface area contributed by atoms with Crippen LogP contribution in [-0.2, 0) is 4.79 Å². The van der Waals surface area contributed by atoms with Crippen LogP contribution in [-0.4, -0.2) is 61.0 Å². The van der Waals surface area contributed by atoms with Crippen LogP contribution in [0.4, 0.5) is 0 Å². The molecule has 0 aromatic rings. The third-order valence-electron chi connectivity index (χ3n) is 4.30. The lowest BCUT2D eigenvalue weighted by atomic mass is 9.94. The van der Waals surface area contributed by atoms with Gasteiger partial charge in [0.15, 0.2) is 0 Å². The second-order valence-corrected chi connectivity index (χ2v) is 5.90. The fourth-order valence-corrected chi connectivity index (χ4v) is 2.91. The molecule has 1 aliphatic carbocycles. The van der Waals surface area contributed by atoms with Crippen LogP contribution in [0, 0.1) is 5.92 Å². The summed E-state index contributed by atoms with van der Waals surface area (Å²) in [6, 6.07) is 1.16. The standard InChI is InChI=1S/C14H27N3O/c1-4-15-13-7-8-17(9-11(13)2)10-14(18)16(3)12-5-6-12/h11-13,15H,4-10H2,1-3H3. The van der Waals surface area contributed by atoms with E-state index in [2.05, 4.69) is 24.1 Å². The van der Waals surface area contributed by atoms with Crippen molar-refractivity contribution in [2.45, 2.75) is 45.2 Å². The van der Waals surface area contributed by atoms with Crippen LogP contribution in [0.15, 0.2) is 0 Å². The fourth-order valence-electron chi connectivity index (χ4n) is 2.91. The second-order valence-electron chi connectivity index (χ2n) is 5.90. The van der Waals surface area contributed by atoms with Crippen molar-refractivity contribution in [3.63, 3.8) is 0 Å². The maximum atomic E-state index is 12.1. The average molecular weight is 253 g/mol. The van der Waals surface area contributed by atoms with Gasteiger partial charge < -0.3 is 10.2 Å². The minimum atomic E-state index is 0.298. The molecule has 2 rings (SSSR count). The molecular formula is C14H27N3O. The summed E-state index contributed by atoms with van der Waals surface area (Å²) < 4.78 is 0. The Morgan fingerprint density at radius 3 is 2.67 bits per heavy atom. The Morgan fingerprint density at radius 1 is 1.39 bits per heavy atom. The summed E-state index contributed by atoms with van der Waals surface area (Å²) in [7, 11) is 1.95. The molecule has 1 heterocycles. The number of piperidine rings is 1. The van der Waals surface area contributed by atoms with Crippen LogP contribution in [0.3, 0.4) is 0 Å². The first kappa shape index (κ1) is 13.8. The molecule has 1 amide bonds. The molecule has 0 aromatic heterocycles. The maximum Gasteiger partial charge on any atom is 0.236 e. The van der Waals surface area contributed by atoms with Gasteiger partial charge in [0.05, 0.1) is 6.54 Å². The smallest absolute Gasteiger partial charge is 0.236 e. The van der Waals surface area contributed by atoms with Crippen molar-refractivity contribution in [2.24, 2.45) is 5.92 Å². The minimum Gasteiger partial charge on any atom is -0.342 e. The zero-order chi connectivity index (χ0) is 13.1. The van der Waals surface area contributed by atoms with Crippen molar-refractivity contribution < 1.29 is 4.79 Å². The molecule has 0 spiro atoms. The van der Waals surface area contributed by atoms with E-state index in [1.807, 2.05) is 11.9 Å². The van der Waals surface area contributed by atoms with Crippen molar-refractivity contribution in [3.8, 4) is 0 Å². The summed E-state index contributed by atoms with van der Waals surface area (Å²) >= 11 is 0. The summed E-state index contributed by atoms with van der Waals surface area (Å²) in [6.45, 7) is 8.19. The summed E-state index contributed by atoms with van der Waals surface area (Å²) in [5, 5.41) is 3.54. The van der Waals surface area contributed by atoms with Gasteiger partial charge >= 0.3 is 0 Å². The molecule has 4 nitrogen and oxygen atoms in total. The molecule has 0 aromatic carbocycles. The topological polar surface area (TPSA) is 35.6 Å². The van der Waals surface area contributed by atoms with E-state index < -0.39 is 0 Å². The van der Waals surface area contributed by atoms with Gasteiger partial charge in [0, 0.05) is 32.2 Å². The number of likely N-dealkylation sites (N-methyl/N-ethyl adjacent to an activating group) is 1. The van der Waals surface area contributed by atoms with Crippen LogP contribution in [0.5, 0.6) is 0 Å². The van der Waals surface area contributed by atoms with E-state index in [9.17, 15) is 4.79 Å². The highest BCUT2D eigenvalue weighted by Crippen LogP contribution is 2.25. The van der Waals surface area contributed by atoms with Gasteiger partial charge in [-0.05, 0) is 31.7 Å². The van der Waals surface area contributed by atoms with Gasteiger partial charge in [-0.2, -0.15) is 0 Å². The van der Waals surface area contributed by atoms with Crippen LogP contribution in [0.25, 0.3) is 0 Å². The first-order valence-electron chi connectivity index (χ1n) is 7.33. The Labute approximate surface area is 111 Å². The van der Waals surface area contributed by atoms with Gasteiger partial charge in [-0.15, -0.1) is 0 Å². The highest BCUT2D eigenvalue weighted by atomic mass is 16.2. The Kier molecular flexibility index (Phi) is 4.62. The minimum absolute atomic E-state index is 0.298. The van der Waals surface area contributed by atoms with Crippen LogP contribution in [0.2, 0.25) is 0 Å². The first-order valence-corrected chi connectivity index (χ1v) is 7.33. The van der Waals surface area contributed by atoms with E-state index in [1.165, 1.54) is 12.8 Å². The van der Waals surface area contributed by atoms with E-state index >= 15 is 0 Å². The molecule has 1 saturated heterocycles. The van der Waals surface area contributed by atoms with E-state index in [1.54, 1.807) is 0 Å². The zero-order valence-corrected chi connectivity index (χ0v) is 12.0. The number of amides is 1. The van der Waals surface area contributed by atoms with Gasteiger partial charge in [-0.1, -0.05) is 13.8 Å². The number of nitrogens with zero attached hydrogens (tertiary/aromatic N) is 2. The molecule has 1 N–H and O–H groups in total. The molecule has 0 radical (unpaired) electrons. The lowest BCUT2D eigenvalue weighted by molar-refractivity contribution is -0.132. The molecular weight excluding hydrogens is 226 g/mol. The number of carbonyl (C=O) groups excluding carboxylic acids is 1. The summed E-state index contributed by atoms with van der Waals surface area (Å²) in [6.07, 6.45) is 3.55. The lowest BCUT2D eigenvalue weighted by Gasteiger charge is -2.37. The second kappa shape index (κ2) is 6.02. The number of hydrogen-bond donors (Lipinski definition) is 1.